The van der Waals surface area contributed by atoms with Gasteiger partial charge in [-0.25, -0.2) is 4.79 Å². The molecule has 6 nitrogen and oxygen atoms in total. The van der Waals surface area contributed by atoms with Gasteiger partial charge in [-0.1, -0.05) is 0 Å². The molecule has 2 atom stereocenters. The van der Waals surface area contributed by atoms with Crippen LogP contribution in [-0.2, 0) is 4.79 Å². The third-order valence-corrected chi connectivity index (χ3v) is 1.98. The number of aliphatic hydroxyl groups excluding tert-OH is 1. The van der Waals surface area contributed by atoms with E-state index in [2.05, 4.69) is 16.0 Å². The molecule has 0 aliphatic carbocycles. The van der Waals surface area contributed by atoms with Gasteiger partial charge in [0, 0.05) is 6.54 Å². The first-order chi connectivity index (χ1) is 7.47. The van der Waals surface area contributed by atoms with Crippen LogP contribution >= 0.6 is 0 Å². The fourth-order valence-corrected chi connectivity index (χ4v) is 1.03. The van der Waals surface area contributed by atoms with Crippen LogP contribution in [0.25, 0.3) is 0 Å². The maximum absolute atomic E-state index is 11.4. The van der Waals surface area contributed by atoms with Crippen LogP contribution in [0.2, 0.25) is 0 Å². The minimum Gasteiger partial charge on any atom is -0.393 e. The Labute approximate surface area is 95.8 Å². The van der Waals surface area contributed by atoms with Crippen LogP contribution in [0.15, 0.2) is 0 Å². The summed E-state index contributed by atoms with van der Waals surface area (Å²) in [5.74, 6) is -0.378. The third kappa shape index (κ3) is 7.19. The Hall–Kier alpha value is -1.14. The molecule has 0 aromatic heterocycles. The number of urea groups is 1. The molecule has 3 amide bonds. The molecule has 94 valence electrons. The number of carbonyl (C=O) groups excluding carboxylic acids is 2. The van der Waals surface area contributed by atoms with Crippen LogP contribution in [0.3, 0.4) is 0 Å². The van der Waals surface area contributed by atoms with Crippen LogP contribution in [0.1, 0.15) is 27.2 Å². The Morgan fingerprint density at radius 1 is 1.31 bits per heavy atom. The van der Waals surface area contributed by atoms with Crippen molar-refractivity contribution in [2.24, 2.45) is 0 Å². The highest BCUT2D eigenvalue weighted by Crippen LogP contribution is 1.88. The van der Waals surface area contributed by atoms with Gasteiger partial charge in [0.25, 0.3) is 0 Å². The zero-order valence-electron chi connectivity index (χ0n) is 10.0. The van der Waals surface area contributed by atoms with Crippen LogP contribution < -0.4 is 16.0 Å². The molecular weight excluding hydrogens is 210 g/mol. The molecule has 6 heteroatoms. The number of hydrogen-bond acceptors (Lipinski definition) is 4. The molecule has 0 spiro atoms. The second kappa shape index (κ2) is 8.06. The van der Waals surface area contributed by atoms with E-state index in [0.717, 1.165) is 0 Å². The maximum Gasteiger partial charge on any atom is 0.321 e. The highest BCUT2D eigenvalue weighted by molar-refractivity contribution is 5.96. The second-order valence-corrected chi connectivity index (χ2v) is 3.66. The van der Waals surface area contributed by atoms with Crippen LogP contribution in [0, 0.1) is 0 Å². The van der Waals surface area contributed by atoms with E-state index in [0.29, 0.717) is 19.5 Å². The highest BCUT2D eigenvalue weighted by atomic mass is 16.3. The molecule has 0 heterocycles. The lowest BCUT2D eigenvalue weighted by atomic mass is 10.2. The van der Waals surface area contributed by atoms with Gasteiger partial charge in [0.1, 0.15) is 0 Å². The van der Waals surface area contributed by atoms with E-state index in [1.54, 1.807) is 20.8 Å². The Balaban J connectivity index is 3.77. The summed E-state index contributed by atoms with van der Waals surface area (Å²) >= 11 is 0. The van der Waals surface area contributed by atoms with Gasteiger partial charge in [-0.05, 0) is 33.7 Å². The first-order valence-electron chi connectivity index (χ1n) is 5.47. The fraction of sp³-hybridized carbons (Fsp3) is 0.800. The molecular formula is C10H21N3O3. The van der Waals surface area contributed by atoms with Crippen molar-refractivity contribution in [2.75, 3.05) is 13.1 Å². The van der Waals surface area contributed by atoms with E-state index < -0.39 is 18.2 Å². The van der Waals surface area contributed by atoms with E-state index in [1.807, 2.05) is 0 Å². The summed E-state index contributed by atoms with van der Waals surface area (Å²) in [6.45, 7) is 6.12. The van der Waals surface area contributed by atoms with Crippen molar-refractivity contribution >= 4 is 11.9 Å². The zero-order valence-corrected chi connectivity index (χ0v) is 10.0. The first-order valence-corrected chi connectivity index (χ1v) is 5.47. The summed E-state index contributed by atoms with van der Waals surface area (Å²) in [5, 5.41) is 16.6. The number of aliphatic hydroxyl groups is 1. The van der Waals surface area contributed by atoms with Crippen molar-refractivity contribution in [1.82, 2.24) is 16.0 Å². The normalized spacial score (nSPS) is 14.0. The second-order valence-electron chi connectivity index (χ2n) is 3.66. The van der Waals surface area contributed by atoms with Gasteiger partial charge in [-0.15, -0.1) is 0 Å². The average Bonchev–Trinajstić information content (AvgIpc) is 2.17. The van der Waals surface area contributed by atoms with Crippen molar-refractivity contribution in [1.29, 1.82) is 0 Å². The molecule has 0 saturated heterocycles. The average molecular weight is 231 g/mol. The quantitative estimate of drug-likeness (QED) is 0.500. The van der Waals surface area contributed by atoms with Gasteiger partial charge in [0.2, 0.25) is 5.91 Å². The monoisotopic (exact) mass is 231 g/mol. The van der Waals surface area contributed by atoms with Crippen molar-refractivity contribution in [3.63, 3.8) is 0 Å². The Kier molecular flexibility index (Phi) is 7.49. The van der Waals surface area contributed by atoms with Crippen molar-refractivity contribution in [3.8, 4) is 0 Å². The highest BCUT2D eigenvalue weighted by Gasteiger charge is 2.14. The number of nitrogens with one attached hydrogen (secondary N) is 3. The van der Waals surface area contributed by atoms with Gasteiger partial charge >= 0.3 is 6.03 Å². The zero-order chi connectivity index (χ0) is 12.6. The molecule has 0 aliphatic rings. The molecule has 4 N–H and O–H groups in total. The molecule has 0 aliphatic heterocycles. The molecule has 2 unspecified atom stereocenters. The molecule has 0 fully saturated rings. The van der Waals surface area contributed by atoms with Crippen LogP contribution in [-0.4, -0.2) is 42.3 Å². The molecule has 16 heavy (non-hydrogen) atoms. The van der Waals surface area contributed by atoms with Crippen LogP contribution in [0.5, 0.6) is 0 Å². The van der Waals surface area contributed by atoms with Crippen molar-refractivity contribution in [3.05, 3.63) is 0 Å². The lowest BCUT2D eigenvalue weighted by molar-refractivity contribution is -0.121. The topological polar surface area (TPSA) is 90.5 Å². The Morgan fingerprint density at radius 2 is 1.94 bits per heavy atom. The first kappa shape index (κ1) is 14.9. The predicted molar refractivity (Wildman–Crippen MR) is 61.0 cm³/mol. The lowest BCUT2D eigenvalue weighted by Crippen LogP contribution is -2.48. The fourth-order valence-electron chi connectivity index (χ4n) is 1.03. The molecule has 0 saturated carbocycles. The predicted octanol–water partition coefficient (Wildman–Crippen LogP) is -0.419. The molecule has 0 bridgehead atoms. The van der Waals surface area contributed by atoms with Gasteiger partial charge in [-0.2, -0.15) is 0 Å². The van der Waals surface area contributed by atoms with Gasteiger partial charge in [0.15, 0.2) is 0 Å². The maximum atomic E-state index is 11.4. The number of carbonyl (C=O) groups is 2. The van der Waals surface area contributed by atoms with Crippen molar-refractivity contribution < 1.29 is 14.7 Å². The Bertz CT molecular complexity index is 231. The summed E-state index contributed by atoms with van der Waals surface area (Å²) in [6.07, 6.45) is 0.171. The third-order valence-electron chi connectivity index (χ3n) is 1.98. The molecule has 0 aromatic carbocycles. The van der Waals surface area contributed by atoms with E-state index >= 15 is 0 Å². The number of imide groups is 1. The van der Waals surface area contributed by atoms with Gasteiger partial charge < -0.3 is 15.7 Å². The molecule has 0 radical (unpaired) electrons. The standard InChI is InChI=1S/C10H21N3O3/c1-4-11-10(16)13-9(15)8(3)12-6-5-7(2)14/h7-8,12,14H,4-6H2,1-3H3,(H2,11,13,15,16). The summed E-state index contributed by atoms with van der Waals surface area (Å²) in [7, 11) is 0. The van der Waals surface area contributed by atoms with Crippen molar-refractivity contribution in [2.45, 2.75) is 39.3 Å². The Morgan fingerprint density at radius 3 is 2.44 bits per heavy atom. The van der Waals surface area contributed by atoms with E-state index in [4.69, 9.17) is 5.11 Å². The smallest absolute Gasteiger partial charge is 0.321 e. The molecule has 0 rings (SSSR count). The summed E-state index contributed by atoms with van der Waals surface area (Å²) < 4.78 is 0. The number of amides is 3. The summed E-state index contributed by atoms with van der Waals surface area (Å²) in [4.78, 5) is 22.4. The summed E-state index contributed by atoms with van der Waals surface area (Å²) in [5.41, 5.74) is 0. The number of rotatable bonds is 6. The lowest BCUT2D eigenvalue weighted by Gasteiger charge is -2.14. The largest absolute Gasteiger partial charge is 0.393 e. The van der Waals surface area contributed by atoms with Crippen LogP contribution in [0.4, 0.5) is 4.79 Å². The molecule has 0 aromatic rings. The minimum absolute atomic E-state index is 0.378. The SMILES string of the molecule is CCNC(=O)NC(=O)C(C)NCCC(C)O. The van der Waals surface area contributed by atoms with E-state index in [1.165, 1.54) is 0 Å². The number of hydrogen-bond donors (Lipinski definition) is 4. The minimum atomic E-state index is -0.489. The van der Waals surface area contributed by atoms with Gasteiger partial charge in [-0.3, -0.25) is 10.1 Å². The van der Waals surface area contributed by atoms with E-state index in [9.17, 15) is 9.59 Å². The summed E-state index contributed by atoms with van der Waals surface area (Å²) in [6, 6.07) is -0.946. The van der Waals surface area contributed by atoms with E-state index in [-0.39, 0.29) is 5.91 Å². The van der Waals surface area contributed by atoms with Gasteiger partial charge in [0.05, 0.1) is 12.1 Å².